The number of benzene rings is 2. The summed E-state index contributed by atoms with van der Waals surface area (Å²) in [5.74, 6) is 0.252. The summed E-state index contributed by atoms with van der Waals surface area (Å²) in [6, 6.07) is 20.5. The van der Waals surface area contributed by atoms with Crippen molar-refractivity contribution < 1.29 is 9.59 Å². The molecule has 2 aliphatic rings. The van der Waals surface area contributed by atoms with E-state index >= 15 is 0 Å². The van der Waals surface area contributed by atoms with Crippen LogP contribution in [0, 0.1) is 0 Å². The van der Waals surface area contributed by atoms with Gasteiger partial charge in [0.2, 0.25) is 11.8 Å². The van der Waals surface area contributed by atoms with Crippen LogP contribution in [-0.2, 0) is 36.8 Å². The highest BCUT2D eigenvalue weighted by molar-refractivity contribution is 6.39. The minimum absolute atomic E-state index is 0.126. The molecule has 2 fully saturated rings. The summed E-state index contributed by atoms with van der Waals surface area (Å²) >= 11 is 14.4. The number of rotatable bonds is 11. The van der Waals surface area contributed by atoms with E-state index in [9.17, 15) is 9.59 Å². The number of carbonyl (C=O) groups excluding carboxylic acids is 2. The molecule has 10 nitrogen and oxygen atoms in total. The quantitative estimate of drug-likeness (QED) is 0.121. The zero-order valence-corrected chi connectivity index (χ0v) is 30.6. The molecule has 2 aromatic carbocycles. The van der Waals surface area contributed by atoms with E-state index in [2.05, 4.69) is 45.8 Å². The molecule has 0 unspecified atom stereocenters. The summed E-state index contributed by atoms with van der Waals surface area (Å²) in [4.78, 5) is 33.2. The first-order valence-corrected chi connectivity index (χ1v) is 18.5. The Morgan fingerprint density at radius 1 is 0.654 bits per heavy atom. The van der Waals surface area contributed by atoms with E-state index in [0.717, 1.165) is 92.8 Å². The number of aromatic nitrogens is 4. The zero-order chi connectivity index (χ0) is 35.9. The number of hydrogen-bond donors (Lipinski definition) is 4. The van der Waals surface area contributed by atoms with Crippen LogP contribution in [0.25, 0.3) is 55.7 Å². The normalized spacial score (nSPS) is 17.4. The average Bonchev–Trinajstić information content (AvgIpc) is 3.91. The lowest BCUT2D eigenvalue weighted by molar-refractivity contribution is -0.120. The maximum absolute atomic E-state index is 11.6. The van der Waals surface area contributed by atoms with Crippen molar-refractivity contribution in [2.24, 2.45) is 14.1 Å². The topological polar surface area (TPSA) is 118 Å². The molecule has 0 saturated carbocycles. The summed E-state index contributed by atoms with van der Waals surface area (Å²) in [7, 11) is 4.00. The lowest BCUT2D eigenvalue weighted by Gasteiger charge is -2.14. The third-order valence-electron chi connectivity index (χ3n) is 10.2. The fourth-order valence-electron chi connectivity index (χ4n) is 7.55. The fourth-order valence-corrected chi connectivity index (χ4v) is 8.19. The minimum atomic E-state index is 0.126. The van der Waals surface area contributed by atoms with Gasteiger partial charge in [-0.3, -0.25) is 9.59 Å². The molecule has 52 heavy (non-hydrogen) atoms. The number of nitrogens with one attached hydrogen (secondary N) is 4. The second-order valence-electron chi connectivity index (χ2n) is 13.9. The van der Waals surface area contributed by atoms with Crippen molar-refractivity contribution in [3.63, 3.8) is 0 Å². The summed E-state index contributed by atoms with van der Waals surface area (Å²) in [5.41, 5.74) is 8.85. The van der Waals surface area contributed by atoms with Crippen LogP contribution in [0.5, 0.6) is 0 Å². The molecular formula is C40H40Cl2N8O2. The molecule has 0 radical (unpaired) electrons. The molecule has 2 saturated heterocycles. The Morgan fingerprint density at radius 2 is 1.08 bits per heavy atom. The van der Waals surface area contributed by atoms with Crippen LogP contribution in [-0.4, -0.2) is 56.1 Å². The van der Waals surface area contributed by atoms with Gasteiger partial charge in [-0.05, 0) is 48.2 Å². The van der Waals surface area contributed by atoms with Gasteiger partial charge in [-0.2, -0.15) is 0 Å². The second kappa shape index (κ2) is 14.4. The molecule has 6 heterocycles. The first kappa shape index (κ1) is 34.4. The van der Waals surface area contributed by atoms with E-state index < -0.39 is 0 Å². The smallest absolute Gasteiger partial charge is 0.220 e. The number of carbonyl (C=O) groups is 2. The Labute approximate surface area is 311 Å². The lowest BCUT2D eigenvalue weighted by Crippen LogP contribution is -2.35. The highest BCUT2D eigenvalue weighted by atomic mass is 35.5. The van der Waals surface area contributed by atoms with E-state index in [-0.39, 0.29) is 23.9 Å². The minimum Gasteiger partial charge on any atom is -0.352 e. The number of hydrogen-bond acceptors (Lipinski definition) is 6. The molecule has 2 aliphatic heterocycles. The van der Waals surface area contributed by atoms with Crippen molar-refractivity contribution in [1.82, 2.24) is 40.4 Å². The zero-order valence-electron chi connectivity index (χ0n) is 29.1. The summed E-state index contributed by atoms with van der Waals surface area (Å²) < 4.78 is 4.08. The number of aryl methyl sites for hydroxylation is 2. The maximum Gasteiger partial charge on any atom is 0.220 e. The molecule has 2 amide bonds. The van der Waals surface area contributed by atoms with E-state index in [1.165, 1.54) is 0 Å². The third kappa shape index (κ3) is 6.67. The van der Waals surface area contributed by atoms with Crippen molar-refractivity contribution >= 4 is 57.1 Å². The van der Waals surface area contributed by atoms with E-state index in [4.69, 9.17) is 33.2 Å². The monoisotopic (exact) mass is 734 g/mol. The Morgan fingerprint density at radius 3 is 1.48 bits per heavy atom. The van der Waals surface area contributed by atoms with Crippen LogP contribution in [0.3, 0.4) is 0 Å². The van der Waals surface area contributed by atoms with Gasteiger partial charge in [0.05, 0.1) is 21.4 Å². The SMILES string of the molecule is Cn1cc(CNC[C@H]2CCC(=O)N2)c2ccc(-c3cccc(-c4cccc(-c5ccc6c(CNC[C@@H]7CCC(=O)N7)cn(C)c6n5)c4Cl)c3Cl)nc21. The first-order valence-electron chi connectivity index (χ1n) is 17.7. The van der Waals surface area contributed by atoms with Crippen molar-refractivity contribution in [2.45, 2.75) is 50.9 Å². The number of amides is 2. The van der Waals surface area contributed by atoms with E-state index in [0.29, 0.717) is 36.0 Å². The third-order valence-corrected chi connectivity index (χ3v) is 11.0. The first-order chi connectivity index (χ1) is 25.2. The van der Waals surface area contributed by atoms with Crippen LogP contribution in [0.1, 0.15) is 36.8 Å². The van der Waals surface area contributed by atoms with Gasteiger partial charge < -0.3 is 30.4 Å². The standard InChI is InChI=1S/C40H40Cl2N8O2/c1-49-21-23(17-43-19-25-9-15-35(51)45-25)27-11-13-33(47-39(27)49)31-7-3-5-29(37(31)41)30-6-4-8-32(38(30)42)34-14-12-28-24(22-50(2)40(28)48-34)18-44-20-26-10-16-36(52)46-26/h3-8,11-14,21-22,25-26,43-44H,9-10,15-20H2,1-2H3,(H,45,51)(H,46,52)/t25-,26+. The largest absolute Gasteiger partial charge is 0.352 e. The Bertz CT molecular complexity index is 2180. The van der Waals surface area contributed by atoms with Gasteiger partial charge in [0.15, 0.2) is 0 Å². The van der Waals surface area contributed by atoms with Crippen LogP contribution in [0.15, 0.2) is 73.1 Å². The Hall–Kier alpha value is -4.74. The number of pyridine rings is 2. The van der Waals surface area contributed by atoms with Crippen LogP contribution >= 0.6 is 23.2 Å². The number of nitrogens with zero attached hydrogens (tertiary/aromatic N) is 4. The van der Waals surface area contributed by atoms with Gasteiger partial charge in [0, 0.05) is 111 Å². The molecular weight excluding hydrogens is 695 g/mol. The van der Waals surface area contributed by atoms with Crippen LogP contribution in [0.2, 0.25) is 10.0 Å². The predicted octanol–water partition coefficient (Wildman–Crippen LogP) is 6.50. The van der Waals surface area contributed by atoms with Gasteiger partial charge in [0.25, 0.3) is 0 Å². The number of fused-ring (bicyclic) bond motifs is 2. The lowest BCUT2D eigenvalue weighted by atomic mass is 9.98. The van der Waals surface area contributed by atoms with Crippen LogP contribution in [0.4, 0.5) is 0 Å². The highest BCUT2D eigenvalue weighted by Crippen LogP contribution is 2.42. The molecule has 4 aromatic heterocycles. The molecule has 266 valence electrons. The summed E-state index contributed by atoms with van der Waals surface area (Å²) in [5, 5.41) is 16.3. The van der Waals surface area contributed by atoms with Crippen molar-refractivity contribution in [2.75, 3.05) is 13.1 Å². The molecule has 8 rings (SSSR count). The summed E-state index contributed by atoms with van der Waals surface area (Å²) in [6.07, 6.45) is 7.13. The second-order valence-corrected chi connectivity index (χ2v) is 14.6. The van der Waals surface area contributed by atoms with Crippen LogP contribution < -0.4 is 21.3 Å². The Balaban J connectivity index is 1.03. The predicted molar refractivity (Wildman–Crippen MR) is 207 cm³/mol. The molecule has 6 aromatic rings. The van der Waals surface area contributed by atoms with Gasteiger partial charge in [-0.25, -0.2) is 9.97 Å². The fraction of sp³-hybridized carbons (Fsp3) is 0.300. The van der Waals surface area contributed by atoms with Gasteiger partial charge >= 0.3 is 0 Å². The molecule has 4 N–H and O–H groups in total. The molecule has 0 spiro atoms. The Kier molecular flexibility index (Phi) is 9.48. The van der Waals surface area contributed by atoms with Gasteiger partial charge in [-0.1, -0.05) is 59.6 Å². The molecule has 2 atom stereocenters. The maximum atomic E-state index is 11.6. The van der Waals surface area contributed by atoms with E-state index in [1.807, 2.05) is 71.8 Å². The summed E-state index contributed by atoms with van der Waals surface area (Å²) in [6.45, 7) is 2.84. The average molecular weight is 736 g/mol. The van der Waals surface area contributed by atoms with Crippen molar-refractivity contribution in [1.29, 1.82) is 0 Å². The van der Waals surface area contributed by atoms with E-state index in [1.54, 1.807) is 0 Å². The number of halogens is 2. The van der Waals surface area contributed by atoms with Crippen molar-refractivity contribution in [3.05, 3.63) is 94.2 Å². The molecule has 0 bridgehead atoms. The van der Waals surface area contributed by atoms with Gasteiger partial charge in [-0.15, -0.1) is 0 Å². The molecule has 12 heteroatoms. The van der Waals surface area contributed by atoms with Gasteiger partial charge in [0.1, 0.15) is 11.3 Å². The highest BCUT2D eigenvalue weighted by Gasteiger charge is 2.22. The van der Waals surface area contributed by atoms with Crippen molar-refractivity contribution in [3.8, 4) is 33.6 Å². The molecule has 0 aliphatic carbocycles.